The number of halogens is 1. The van der Waals surface area contributed by atoms with Gasteiger partial charge >= 0.3 is 0 Å². The van der Waals surface area contributed by atoms with E-state index in [0.29, 0.717) is 5.92 Å². The van der Waals surface area contributed by atoms with Crippen molar-refractivity contribution in [2.75, 3.05) is 20.3 Å². The highest BCUT2D eigenvalue weighted by atomic mass is 19.1. The molecule has 1 aliphatic heterocycles. The van der Waals surface area contributed by atoms with Crippen LogP contribution in [0.5, 0.6) is 0 Å². The van der Waals surface area contributed by atoms with Gasteiger partial charge in [0.2, 0.25) is 0 Å². The first-order chi connectivity index (χ1) is 7.31. The van der Waals surface area contributed by atoms with E-state index in [1.165, 1.54) is 11.6 Å². The number of hydrogen-bond acceptors (Lipinski definition) is 2. The van der Waals surface area contributed by atoms with Crippen LogP contribution < -0.4 is 5.32 Å². The van der Waals surface area contributed by atoms with Gasteiger partial charge in [0.25, 0.3) is 0 Å². The molecule has 0 amide bonds. The average molecular weight is 209 g/mol. The molecule has 2 rings (SSSR count). The molecule has 1 atom stereocenters. The molecule has 0 spiro atoms. The summed E-state index contributed by atoms with van der Waals surface area (Å²) in [7, 11) is 1.70. The molecule has 15 heavy (non-hydrogen) atoms. The Hall–Kier alpha value is -0.930. The van der Waals surface area contributed by atoms with E-state index in [1.54, 1.807) is 13.2 Å². The second-order valence-corrected chi connectivity index (χ2v) is 3.95. The summed E-state index contributed by atoms with van der Waals surface area (Å²) < 4.78 is 18.2. The van der Waals surface area contributed by atoms with Gasteiger partial charge in [-0.2, -0.15) is 0 Å². The second kappa shape index (κ2) is 4.73. The Balaban J connectivity index is 2.20. The maximum absolute atomic E-state index is 13.1. The Morgan fingerprint density at radius 2 is 2.40 bits per heavy atom. The molecule has 1 aromatic carbocycles. The van der Waals surface area contributed by atoms with Gasteiger partial charge in [-0.25, -0.2) is 4.39 Å². The van der Waals surface area contributed by atoms with Crippen LogP contribution in [0.15, 0.2) is 18.2 Å². The van der Waals surface area contributed by atoms with Gasteiger partial charge in [-0.15, -0.1) is 0 Å². The fourth-order valence-electron chi connectivity index (χ4n) is 2.12. The summed E-state index contributed by atoms with van der Waals surface area (Å²) in [6.07, 6.45) is 0.944. The van der Waals surface area contributed by atoms with E-state index >= 15 is 0 Å². The van der Waals surface area contributed by atoms with Crippen LogP contribution in [-0.4, -0.2) is 20.3 Å². The molecule has 1 aliphatic rings. The molecular weight excluding hydrogens is 193 g/mol. The van der Waals surface area contributed by atoms with Gasteiger partial charge in [0.1, 0.15) is 5.82 Å². The summed E-state index contributed by atoms with van der Waals surface area (Å²) in [6, 6.07) is 5.06. The second-order valence-electron chi connectivity index (χ2n) is 3.95. The smallest absolute Gasteiger partial charge is 0.123 e. The van der Waals surface area contributed by atoms with Crippen molar-refractivity contribution < 1.29 is 9.13 Å². The first-order valence-electron chi connectivity index (χ1n) is 5.29. The average Bonchev–Trinajstić information content (AvgIpc) is 2.26. The standard InChI is InChI=1S/C12H16FNO/c1-15-5-4-10-8-14-7-9-2-3-11(13)6-12(9)10/h2-3,6,10,14H,4-5,7-8H2,1H3. The molecule has 0 aliphatic carbocycles. The molecule has 0 saturated heterocycles. The monoisotopic (exact) mass is 209 g/mol. The van der Waals surface area contributed by atoms with Crippen LogP contribution >= 0.6 is 0 Å². The SMILES string of the molecule is COCCC1CNCc2ccc(F)cc21. The third-order valence-electron chi connectivity index (χ3n) is 2.92. The van der Waals surface area contributed by atoms with Crippen molar-refractivity contribution in [1.82, 2.24) is 5.32 Å². The molecule has 0 bridgehead atoms. The molecule has 1 aromatic rings. The largest absolute Gasteiger partial charge is 0.385 e. The van der Waals surface area contributed by atoms with Gasteiger partial charge in [-0.3, -0.25) is 0 Å². The van der Waals surface area contributed by atoms with Crippen molar-refractivity contribution in [3.8, 4) is 0 Å². The van der Waals surface area contributed by atoms with Gasteiger partial charge in [-0.05, 0) is 35.6 Å². The van der Waals surface area contributed by atoms with Gasteiger partial charge in [0.05, 0.1) is 0 Å². The van der Waals surface area contributed by atoms with E-state index in [4.69, 9.17) is 4.74 Å². The quantitative estimate of drug-likeness (QED) is 0.822. The summed E-state index contributed by atoms with van der Waals surface area (Å²) in [4.78, 5) is 0. The predicted molar refractivity (Wildman–Crippen MR) is 57.3 cm³/mol. The Morgan fingerprint density at radius 1 is 1.53 bits per heavy atom. The lowest BCUT2D eigenvalue weighted by molar-refractivity contribution is 0.186. The molecule has 1 N–H and O–H groups in total. The van der Waals surface area contributed by atoms with Crippen molar-refractivity contribution in [2.24, 2.45) is 0 Å². The highest BCUT2D eigenvalue weighted by Gasteiger charge is 2.19. The third-order valence-corrected chi connectivity index (χ3v) is 2.92. The fraction of sp³-hybridized carbons (Fsp3) is 0.500. The van der Waals surface area contributed by atoms with Crippen molar-refractivity contribution in [2.45, 2.75) is 18.9 Å². The lowest BCUT2D eigenvalue weighted by atomic mass is 9.89. The Kier molecular flexibility index (Phi) is 3.34. The maximum atomic E-state index is 13.1. The minimum Gasteiger partial charge on any atom is -0.385 e. The Morgan fingerprint density at radius 3 is 3.20 bits per heavy atom. The van der Waals surface area contributed by atoms with Crippen LogP contribution in [0.2, 0.25) is 0 Å². The van der Waals surface area contributed by atoms with Crippen molar-refractivity contribution in [3.63, 3.8) is 0 Å². The number of nitrogens with one attached hydrogen (secondary N) is 1. The first-order valence-corrected chi connectivity index (χ1v) is 5.29. The molecule has 0 saturated carbocycles. The Bertz CT molecular complexity index is 340. The number of rotatable bonds is 3. The molecule has 3 heteroatoms. The topological polar surface area (TPSA) is 21.3 Å². The van der Waals surface area contributed by atoms with Crippen LogP contribution in [0.25, 0.3) is 0 Å². The van der Waals surface area contributed by atoms with E-state index in [0.717, 1.165) is 31.7 Å². The van der Waals surface area contributed by atoms with Crippen molar-refractivity contribution in [3.05, 3.63) is 35.1 Å². The molecule has 0 fully saturated rings. The number of methoxy groups -OCH3 is 1. The van der Waals surface area contributed by atoms with Crippen LogP contribution in [-0.2, 0) is 11.3 Å². The van der Waals surface area contributed by atoms with Crippen LogP contribution in [0.4, 0.5) is 4.39 Å². The van der Waals surface area contributed by atoms with Crippen molar-refractivity contribution in [1.29, 1.82) is 0 Å². The molecule has 0 radical (unpaired) electrons. The van der Waals surface area contributed by atoms with Crippen LogP contribution in [0.3, 0.4) is 0 Å². The lowest BCUT2D eigenvalue weighted by Crippen LogP contribution is -2.28. The predicted octanol–water partition coefficient (Wildman–Crippen LogP) is 2.05. The summed E-state index contributed by atoms with van der Waals surface area (Å²) in [5.74, 6) is 0.238. The van der Waals surface area contributed by atoms with Gasteiger partial charge in [0.15, 0.2) is 0 Å². The van der Waals surface area contributed by atoms with E-state index < -0.39 is 0 Å². The normalized spacial score (nSPS) is 20.0. The summed E-state index contributed by atoms with van der Waals surface area (Å²) in [6.45, 7) is 2.49. The molecule has 82 valence electrons. The fourth-order valence-corrected chi connectivity index (χ4v) is 2.12. The molecular formula is C12H16FNO. The van der Waals surface area contributed by atoms with E-state index in [9.17, 15) is 4.39 Å². The highest BCUT2D eigenvalue weighted by Crippen LogP contribution is 2.27. The summed E-state index contributed by atoms with van der Waals surface area (Å²) >= 11 is 0. The summed E-state index contributed by atoms with van der Waals surface area (Å²) in [5, 5.41) is 3.34. The molecule has 1 unspecified atom stereocenters. The minimum absolute atomic E-state index is 0.141. The van der Waals surface area contributed by atoms with Crippen LogP contribution in [0, 0.1) is 5.82 Å². The van der Waals surface area contributed by atoms with E-state index in [2.05, 4.69) is 5.32 Å². The van der Waals surface area contributed by atoms with E-state index in [-0.39, 0.29) is 5.82 Å². The number of ether oxygens (including phenoxy) is 1. The zero-order valence-electron chi connectivity index (χ0n) is 8.92. The highest BCUT2D eigenvalue weighted by molar-refractivity contribution is 5.33. The van der Waals surface area contributed by atoms with Gasteiger partial charge in [0, 0.05) is 26.8 Å². The number of hydrogen-bond donors (Lipinski definition) is 1. The summed E-state index contributed by atoms with van der Waals surface area (Å²) in [5.41, 5.74) is 2.36. The van der Waals surface area contributed by atoms with Crippen LogP contribution in [0.1, 0.15) is 23.5 Å². The van der Waals surface area contributed by atoms with Crippen molar-refractivity contribution >= 4 is 0 Å². The van der Waals surface area contributed by atoms with E-state index in [1.807, 2.05) is 6.07 Å². The molecule has 1 heterocycles. The lowest BCUT2D eigenvalue weighted by Gasteiger charge is -2.26. The number of fused-ring (bicyclic) bond motifs is 1. The minimum atomic E-state index is -0.141. The van der Waals surface area contributed by atoms with Gasteiger partial charge < -0.3 is 10.1 Å². The zero-order valence-corrected chi connectivity index (χ0v) is 8.92. The molecule has 2 nitrogen and oxygen atoms in total. The van der Waals surface area contributed by atoms with Gasteiger partial charge in [-0.1, -0.05) is 6.07 Å². The zero-order chi connectivity index (χ0) is 10.7. The molecule has 0 aromatic heterocycles. The first kappa shape index (κ1) is 10.6. The third kappa shape index (κ3) is 2.36. The Labute approximate surface area is 89.4 Å². The number of benzene rings is 1. The maximum Gasteiger partial charge on any atom is 0.123 e.